The summed E-state index contributed by atoms with van der Waals surface area (Å²) in [6, 6.07) is 20.7. The number of aryl methyl sites for hydroxylation is 1. The Kier molecular flexibility index (Phi) is 8.18. The van der Waals surface area contributed by atoms with Crippen molar-refractivity contribution in [3.05, 3.63) is 89.0 Å². The summed E-state index contributed by atoms with van der Waals surface area (Å²) in [6.07, 6.45) is 1.44. The van der Waals surface area contributed by atoms with E-state index in [1.807, 2.05) is 63.2 Å². The minimum absolute atomic E-state index is 0.417. The van der Waals surface area contributed by atoms with Crippen molar-refractivity contribution in [3.8, 4) is 11.5 Å². The van der Waals surface area contributed by atoms with Crippen LogP contribution < -0.4 is 20.2 Å². The van der Waals surface area contributed by atoms with Gasteiger partial charge in [-0.3, -0.25) is 9.59 Å². The van der Waals surface area contributed by atoms with E-state index in [0.717, 1.165) is 16.7 Å². The van der Waals surface area contributed by atoms with Crippen LogP contribution in [0.15, 0.2) is 71.8 Å². The van der Waals surface area contributed by atoms with Gasteiger partial charge in [-0.2, -0.15) is 5.10 Å². The van der Waals surface area contributed by atoms with Gasteiger partial charge < -0.3 is 14.8 Å². The minimum Gasteiger partial charge on any atom is -0.490 e. The Morgan fingerprint density at radius 2 is 1.70 bits per heavy atom. The van der Waals surface area contributed by atoms with E-state index >= 15 is 0 Å². The summed E-state index contributed by atoms with van der Waals surface area (Å²) in [5, 5.41) is 6.49. The van der Waals surface area contributed by atoms with Gasteiger partial charge in [-0.25, -0.2) is 5.43 Å². The summed E-state index contributed by atoms with van der Waals surface area (Å²) in [6.45, 7) is 6.59. The van der Waals surface area contributed by atoms with Crippen molar-refractivity contribution in [1.29, 1.82) is 0 Å². The first-order valence-corrected chi connectivity index (χ1v) is 10.6. The molecular formula is C26H27N3O4. The van der Waals surface area contributed by atoms with Crippen molar-refractivity contribution in [3.63, 3.8) is 0 Å². The minimum atomic E-state index is -0.861. The van der Waals surface area contributed by atoms with Crippen LogP contribution in [-0.2, 0) is 16.2 Å². The van der Waals surface area contributed by atoms with Crippen molar-refractivity contribution in [1.82, 2.24) is 5.43 Å². The van der Waals surface area contributed by atoms with Crippen molar-refractivity contribution in [2.24, 2.45) is 5.10 Å². The Bertz CT molecular complexity index is 1140. The zero-order valence-corrected chi connectivity index (χ0v) is 18.9. The number of ether oxygens (including phenoxy) is 2. The molecule has 170 valence electrons. The molecule has 0 aliphatic heterocycles. The summed E-state index contributed by atoms with van der Waals surface area (Å²) < 4.78 is 11.6. The smallest absolute Gasteiger partial charge is 0.329 e. The maximum atomic E-state index is 12.2. The molecule has 0 radical (unpaired) electrons. The molecule has 0 fully saturated rings. The lowest BCUT2D eigenvalue weighted by atomic mass is 10.1. The molecule has 0 aliphatic carbocycles. The second kappa shape index (κ2) is 11.5. The predicted molar refractivity (Wildman–Crippen MR) is 129 cm³/mol. The molecule has 0 aliphatic rings. The van der Waals surface area contributed by atoms with Gasteiger partial charge in [0, 0.05) is 5.69 Å². The van der Waals surface area contributed by atoms with Gasteiger partial charge >= 0.3 is 11.8 Å². The topological polar surface area (TPSA) is 89.0 Å². The first kappa shape index (κ1) is 23.5. The largest absolute Gasteiger partial charge is 0.490 e. The maximum absolute atomic E-state index is 12.2. The van der Waals surface area contributed by atoms with Gasteiger partial charge in [0.1, 0.15) is 6.61 Å². The lowest BCUT2D eigenvalue weighted by Gasteiger charge is -2.12. The Balaban J connectivity index is 1.60. The van der Waals surface area contributed by atoms with E-state index in [1.54, 1.807) is 24.3 Å². The number of rotatable bonds is 8. The number of hydrogen-bond donors (Lipinski definition) is 2. The third-order valence-electron chi connectivity index (χ3n) is 4.94. The van der Waals surface area contributed by atoms with Crippen LogP contribution in [0.2, 0.25) is 0 Å². The standard InChI is InChI=1S/C26H27N3O4/c1-4-32-24-15-21(13-14-23(24)33-17-20-10-6-5-7-11-20)16-27-29-26(31)25(30)28-22-12-8-9-18(2)19(22)3/h5-16H,4,17H2,1-3H3,(H,28,30)(H,29,31)/b27-16-. The van der Waals surface area contributed by atoms with Crippen molar-refractivity contribution in [2.45, 2.75) is 27.4 Å². The lowest BCUT2D eigenvalue weighted by molar-refractivity contribution is -0.136. The highest BCUT2D eigenvalue weighted by Crippen LogP contribution is 2.29. The summed E-state index contributed by atoms with van der Waals surface area (Å²) in [4.78, 5) is 24.3. The van der Waals surface area contributed by atoms with Crippen LogP contribution >= 0.6 is 0 Å². The lowest BCUT2D eigenvalue weighted by Crippen LogP contribution is -2.32. The molecule has 3 rings (SSSR count). The second-order valence-corrected chi connectivity index (χ2v) is 7.31. The summed E-state index contributed by atoms with van der Waals surface area (Å²) >= 11 is 0. The molecule has 2 N–H and O–H groups in total. The van der Waals surface area contributed by atoms with Crippen LogP contribution in [-0.4, -0.2) is 24.6 Å². The molecule has 3 aromatic rings. The number of carbonyl (C=O) groups is 2. The van der Waals surface area contributed by atoms with E-state index < -0.39 is 11.8 Å². The number of nitrogens with zero attached hydrogens (tertiary/aromatic N) is 1. The molecule has 7 heteroatoms. The van der Waals surface area contributed by atoms with E-state index in [1.165, 1.54) is 6.21 Å². The van der Waals surface area contributed by atoms with Gasteiger partial charge in [0.25, 0.3) is 0 Å². The fraction of sp³-hybridized carbons (Fsp3) is 0.192. The highest BCUT2D eigenvalue weighted by molar-refractivity contribution is 6.39. The Hall–Kier alpha value is -4.13. The second-order valence-electron chi connectivity index (χ2n) is 7.31. The molecule has 0 bridgehead atoms. The van der Waals surface area contributed by atoms with E-state index in [4.69, 9.17) is 9.47 Å². The number of hydrogen-bond acceptors (Lipinski definition) is 5. The molecule has 0 saturated carbocycles. The predicted octanol–water partition coefficient (Wildman–Crippen LogP) is 4.37. The normalized spacial score (nSPS) is 10.6. The summed E-state index contributed by atoms with van der Waals surface area (Å²) in [5.41, 5.74) is 6.49. The molecule has 0 atom stereocenters. The molecular weight excluding hydrogens is 418 g/mol. The van der Waals surface area contributed by atoms with Gasteiger partial charge in [0.2, 0.25) is 0 Å². The summed E-state index contributed by atoms with van der Waals surface area (Å²) in [7, 11) is 0. The fourth-order valence-electron chi connectivity index (χ4n) is 3.01. The monoisotopic (exact) mass is 445 g/mol. The first-order chi connectivity index (χ1) is 16.0. The van der Waals surface area contributed by atoms with Crippen molar-refractivity contribution < 1.29 is 19.1 Å². The molecule has 0 aromatic heterocycles. The molecule has 3 aromatic carbocycles. The average molecular weight is 446 g/mol. The quantitative estimate of drug-likeness (QED) is 0.306. The first-order valence-electron chi connectivity index (χ1n) is 10.6. The van der Waals surface area contributed by atoms with Gasteiger partial charge in [-0.15, -0.1) is 0 Å². The Labute approximate surface area is 193 Å². The van der Waals surface area contributed by atoms with Crippen LogP contribution in [0.1, 0.15) is 29.2 Å². The zero-order valence-electron chi connectivity index (χ0n) is 18.9. The number of benzene rings is 3. The number of nitrogens with one attached hydrogen (secondary N) is 2. The molecule has 0 heterocycles. The highest BCUT2D eigenvalue weighted by atomic mass is 16.5. The molecule has 0 saturated heterocycles. The molecule has 33 heavy (non-hydrogen) atoms. The molecule has 0 unspecified atom stereocenters. The SMILES string of the molecule is CCOc1cc(/C=N\NC(=O)C(=O)Nc2cccc(C)c2C)ccc1OCc1ccccc1. The maximum Gasteiger partial charge on any atom is 0.329 e. The van der Waals surface area contributed by atoms with E-state index in [9.17, 15) is 9.59 Å². The fourth-order valence-corrected chi connectivity index (χ4v) is 3.01. The molecule has 0 spiro atoms. The van der Waals surface area contributed by atoms with Gasteiger partial charge in [0.15, 0.2) is 11.5 Å². The van der Waals surface area contributed by atoms with Gasteiger partial charge in [0.05, 0.1) is 12.8 Å². The van der Waals surface area contributed by atoms with Gasteiger partial charge in [-0.05, 0) is 67.3 Å². The number of amides is 2. The molecule has 2 amide bonds. The van der Waals surface area contributed by atoms with Crippen LogP contribution in [0.5, 0.6) is 11.5 Å². The Morgan fingerprint density at radius 3 is 2.45 bits per heavy atom. The van der Waals surface area contributed by atoms with Crippen LogP contribution in [0.3, 0.4) is 0 Å². The third-order valence-corrected chi connectivity index (χ3v) is 4.94. The molecule has 7 nitrogen and oxygen atoms in total. The average Bonchev–Trinajstić information content (AvgIpc) is 2.82. The van der Waals surface area contributed by atoms with Crippen LogP contribution in [0.25, 0.3) is 0 Å². The summed E-state index contributed by atoms with van der Waals surface area (Å²) in [5.74, 6) is -0.480. The van der Waals surface area contributed by atoms with Gasteiger partial charge in [-0.1, -0.05) is 42.5 Å². The Morgan fingerprint density at radius 1 is 0.909 bits per heavy atom. The van der Waals surface area contributed by atoms with E-state index in [2.05, 4.69) is 15.8 Å². The van der Waals surface area contributed by atoms with Crippen molar-refractivity contribution >= 4 is 23.7 Å². The van der Waals surface area contributed by atoms with Crippen LogP contribution in [0.4, 0.5) is 5.69 Å². The van der Waals surface area contributed by atoms with E-state index in [0.29, 0.717) is 36.0 Å². The zero-order chi connectivity index (χ0) is 23.6. The highest BCUT2D eigenvalue weighted by Gasteiger charge is 2.14. The van der Waals surface area contributed by atoms with Crippen LogP contribution in [0, 0.1) is 13.8 Å². The van der Waals surface area contributed by atoms with Crippen molar-refractivity contribution in [2.75, 3.05) is 11.9 Å². The number of hydrazone groups is 1. The number of anilines is 1. The van der Waals surface area contributed by atoms with E-state index in [-0.39, 0.29) is 0 Å². The third kappa shape index (κ3) is 6.67. The number of carbonyl (C=O) groups excluding carboxylic acids is 2.